The van der Waals surface area contributed by atoms with E-state index in [-0.39, 0.29) is 11.3 Å². The molecule has 0 saturated heterocycles. The van der Waals surface area contributed by atoms with Crippen LogP contribution in [0.25, 0.3) is 0 Å². The fourth-order valence-corrected chi connectivity index (χ4v) is 8.21. The van der Waals surface area contributed by atoms with Gasteiger partial charge in [0.1, 0.15) is 5.75 Å². The quantitative estimate of drug-likeness (QED) is 0.239. The normalized spacial score (nSPS) is 26.0. The van der Waals surface area contributed by atoms with E-state index in [9.17, 15) is 15.0 Å². The fraction of sp³-hybridized carbons (Fsp3) is 0.553. The smallest absolute Gasteiger partial charge is 0.307 e. The number of rotatable bonds is 9. The second-order valence-corrected chi connectivity index (χ2v) is 13.2. The van der Waals surface area contributed by atoms with Gasteiger partial charge in [-0.1, -0.05) is 106 Å². The number of benzene rings is 2. The Bertz CT molecular complexity index is 1170. The standard InChI is InChI=1S/C38H50O3/c39-34-23-21-32(22-24-34)35-28-30-16-12-19-33(27-30)38(25-10-3-11-26-38)36(37(40)41)20-9-8-18-31(35)17-5-2-1-4-13-29-14-6-7-15-29/h6,8-9,12,14,16,19,21-24,27,29,31,35-36,39H,1-5,7,10-11,13,15,17-18,20,25-26,28H2,(H,40,41)/t29-,31-,35-,36+/m0/s1. The van der Waals surface area contributed by atoms with Crippen molar-refractivity contribution < 1.29 is 15.0 Å². The third-order valence-electron chi connectivity index (χ3n) is 10.5. The Hall–Kier alpha value is -2.81. The van der Waals surface area contributed by atoms with Crippen molar-refractivity contribution in [2.75, 3.05) is 0 Å². The molecule has 0 aromatic heterocycles. The second-order valence-electron chi connectivity index (χ2n) is 13.2. The summed E-state index contributed by atoms with van der Waals surface area (Å²) >= 11 is 0. The van der Waals surface area contributed by atoms with E-state index in [1.165, 1.54) is 74.5 Å². The predicted octanol–water partition coefficient (Wildman–Crippen LogP) is 9.89. The molecule has 0 radical (unpaired) electrons. The number of hydrogen-bond acceptors (Lipinski definition) is 2. The molecule has 4 atom stereocenters. The summed E-state index contributed by atoms with van der Waals surface area (Å²) in [6.07, 6.45) is 27.3. The van der Waals surface area contributed by atoms with Gasteiger partial charge in [-0.15, -0.1) is 0 Å². The lowest BCUT2D eigenvalue weighted by atomic mass is 9.60. The average molecular weight is 555 g/mol. The third kappa shape index (κ3) is 7.53. The molecule has 3 nitrogen and oxygen atoms in total. The second kappa shape index (κ2) is 14.4. The SMILES string of the molecule is O=C(O)[C@H]1CC=CC[C@H](CCCCCC[C@H]2C=CCC2)[C@@H](c2ccc(O)cc2)Cc2cccc(c2)C12CCCCC2. The zero-order valence-electron chi connectivity index (χ0n) is 24.9. The molecule has 2 bridgehead atoms. The molecule has 0 aliphatic heterocycles. The van der Waals surface area contributed by atoms with Crippen LogP contribution in [-0.4, -0.2) is 16.2 Å². The molecule has 1 spiro atoms. The van der Waals surface area contributed by atoms with Crippen molar-refractivity contribution >= 4 is 5.97 Å². The average Bonchev–Trinajstić information content (AvgIpc) is 3.51. The number of carboxylic acids is 1. The molecule has 41 heavy (non-hydrogen) atoms. The van der Waals surface area contributed by atoms with Crippen LogP contribution in [0.3, 0.4) is 0 Å². The Morgan fingerprint density at radius 3 is 2.34 bits per heavy atom. The number of aliphatic carboxylic acids is 1. The Kier molecular flexibility index (Phi) is 10.4. The van der Waals surface area contributed by atoms with Gasteiger partial charge in [0.05, 0.1) is 5.92 Å². The van der Waals surface area contributed by atoms with Crippen LogP contribution in [0.5, 0.6) is 5.75 Å². The highest BCUT2D eigenvalue weighted by Crippen LogP contribution is 2.48. The minimum absolute atomic E-state index is 0.286. The highest BCUT2D eigenvalue weighted by atomic mass is 16.4. The molecular formula is C38H50O3. The van der Waals surface area contributed by atoms with Crippen LogP contribution in [-0.2, 0) is 16.6 Å². The molecule has 2 aromatic carbocycles. The molecule has 0 heterocycles. The molecule has 5 rings (SSSR count). The zero-order valence-corrected chi connectivity index (χ0v) is 24.9. The predicted molar refractivity (Wildman–Crippen MR) is 168 cm³/mol. The number of phenolic OH excluding ortho intramolecular Hbond substituents is 1. The van der Waals surface area contributed by atoms with E-state index < -0.39 is 5.97 Å². The van der Waals surface area contributed by atoms with E-state index in [1.807, 2.05) is 12.1 Å². The van der Waals surface area contributed by atoms with Gasteiger partial charge in [-0.25, -0.2) is 0 Å². The van der Waals surface area contributed by atoms with Crippen LogP contribution < -0.4 is 0 Å². The summed E-state index contributed by atoms with van der Waals surface area (Å²) < 4.78 is 0. The molecule has 2 aromatic rings. The van der Waals surface area contributed by atoms with E-state index in [4.69, 9.17) is 0 Å². The number of aromatic hydroxyl groups is 1. The number of hydrogen-bond donors (Lipinski definition) is 2. The van der Waals surface area contributed by atoms with Crippen molar-refractivity contribution in [2.45, 2.75) is 114 Å². The van der Waals surface area contributed by atoms with Crippen molar-refractivity contribution in [2.24, 2.45) is 17.8 Å². The van der Waals surface area contributed by atoms with Crippen molar-refractivity contribution in [3.63, 3.8) is 0 Å². The van der Waals surface area contributed by atoms with Crippen LogP contribution in [0, 0.1) is 17.8 Å². The largest absolute Gasteiger partial charge is 0.508 e. The van der Waals surface area contributed by atoms with Gasteiger partial charge in [0.25, 0.3) is 0 Å². The van der Waals surface area contributed by atoms with Crippen LogP contribution in [0.2, 0.25) is 0 Å². The number of carbonyl (C=O) groups is 1. The molecule has 3 heteroatoms. The molecule has 1 fully saturated rings. The van der Waals surface area contributed by atoms with Crippen molar-refractivity contribution in [3.8, 4) is 5.75 Å². The number of unbranched alkanes of at least 4 members (excludes halogenated alkanes) is 3. The van der Waals surface area contributed by atoms with Gasteiger partial charge in [-0.05, 0) is 104 Å². The first kappa shape index (κ1) is 29.7. The van der Waals surface area contributed by atoms with Gasteiger partial charge in [-0.2, -0.15) is 0 Å². The highest BCUT2D eigenvalue weighted by molar-refractivity contribution is 5.73. The van der Waals surface area contributed by atoms with Crippen molar-refractivity contribution in [3.05, 3.63) is 89.5 Å². The maximum absolute atomic E-state index is 12.7. The number of fused-ring (bicyclic) bond motifs is 3. The van der Waals surface area contributed by atoms with E-state index in [0.29, 0.717) is 24.0 Å². The minimum Gasteiger partial charge on any atom is -0.508 e. The van der Waals surface area contributed by atoms with Crippen LogP contribution >= 0.6 is 0 Å². The lowest BCUT2D eigenvalue weighted by Gasteiger charge is -2.42. The van der Waals surface area contributed by atoms with Gasteiger partial charge in [0, 0.05) is 5.41 Å². The van der Waals surface area contributed by atoms with E-state index in [2.05, 4.69) is 60.7 Å². The summed E-state index contributed by atoms with van der Waals surface area (Å²) in [6, 6.07) is 16.9. The molecule has 0 unspecified atom stereocenters. The molecular weight excluding hydrogens is 504 g/mol. The molecule has 1 saturated carbocycles. The maximum Gasteiger partial charge on any atom is 0.307 e. The van der Waals surface area contributed by atoms with Gasteiger partial charge in [0.2, 0.25) is 0 Å². The topological polar surface area (TPSA) is 57.5 Å². The minimum atomic E-state index is -0.648. The van der Waals surface area contributed by atoms with E-state index >= 15 is 0 Å². The Labute approximate surface area is 247 Å². The Morgan fingerprint density at radius 2 is 1.61 bits per heavy atom. The molecule has 0 amide bonds. The van der Waals surface area contributed by atoms with Gasteiger partial charge < -0.3 is 10.2 Å². The van der Waals surface area contributed by atoms with Crippen LogP contribution in [0.1, 0.15) is 119 Å². The first-order valence-electron chi connectivity index (χ1n) is 16.5. The summed E-state index contributed by atoms with van der Waals surface area (Å²) in [6.45, 7) is 0. The van der Waals surface area contributed by atoms with Gasteiger partial charge in [0.15, 0.2) is 0 Å². The van der Waals surface area contributed by atoms with Gasteiger partial charge >= 0.3 is 5.97 Å². The van der Waals surface area contributed by atoms with Gasteiger partial charge in [-0.3, -0.25) is 4.79 Å². The summed E-state index contributed by atoms with van der Waals surface area (Å²) in [5.74, 6) is 0.931. The Morgan fingerprint density at radius 1 is 0.854 bits per heavy atom. The fourth-order valence-electron chi connectivity index (χ4n) is 8.21. The summed E-state index contributed by atoms with van der Waals surface area (Å²) in [4.78, 5) is 12.7. The first-order chi connectivity index (χ1) is 20.0. The third-order valence-corrected chi connectivity index (χ3v) is 10.5. The molecule has 2 N–H and O–H groups in total. The summed E-state index contributed by atoms with van der Waals surface area (Å²) in [5.41, 5.74) is 3.56. The zero-order chi connectivity index (χ0) is 28.5. The van der Waals surface area contributed by atoms with E-state index in [1.54, 1.807) is 0 Å². The first-order valence-corrected chi connectivity index (χ1v) is 16.5. The number of carboxylic acid groups (broad SMARTS) is 1. The van der Waals surface area contributed by atoms with E-state index in [0.717, 1.165) is 44.4 Å². The van der Waals surface area contributed by atoms with Crippen LogP contribution in [0.15, 0.2) is 72.8 Å². The van der Waals surface area contributed by atoms with Crippen LogP contribution in [0.4, 0.5) is 0 Å². The maximum atomic E-state index is 12.7. The lowest BCUT2D eigenvalue weighted by molar-refractivity contribution is -0.145. The highest BCUT2D eigenvalue weighted by Gasteiger charge is 2.44. The summed E-state index contributed by atoms with van der Waals surface area (Å²) in [7, 11) is 0. The number of phenols is 1. The Balaban J connectivity index is 1.38. The molecule has 220 valence electrons. The molecule has 3 aliphatic carbocycles. The number of allylic oxidation sites excluding steroid dienone is 4. The summed E-state index contributed by atoms with van der Waals surface area (Å²) in [5, 5.41) is 20.5. The van der Waals surface area contributed by atoms with Crippen molar-refractivity contribution in [1.29, 1.82) is 0 Å². The van der Waals surface area contributed by atoms with Crippen molar-refractivity contribution in [1.82, 2.24) is 0 Å². The monoisotopic (exact) mass is 554 g/mol. The lowest BCUT2D eigenvalue weighted by Crippen LogP contribution is -2.41. The molecule has 3 aliphatic rings.